The van der Waals surface area contributed by atoms with Gasteiger partial charge in [-0.15, -0.1) is 0 Å². The Morgan fingerprint density at radius 3 is 2.60 bits per heavy atom. The highest BCUT2D eigenvalue weighted by Gasteiger charge is 2.26. The third-order valence-corrected chi connectivity index (χ3v) is 2.22. The first-order valence-corrected chi connectivity index (χ1v) is 3.74. The maximum atomic E-state index is 8.26. The van der Waals surface area contributed by atoms with Gasteiger partial charge in [0.2, 0.25) is 0 Å². The molecule has 0 bridgehead atoms. The Morgan fingerprint density at radius 1 is 1.50 bits per heavy atom. The molecule has 1 saturated heterocycles. The minimum atomic E-state index is 0.194. The molecule has 0 radical (unpaired) electrons. The molecule has 1 rings (SSSR count). The van der Waals surface area contributed by atoms with E-state index in [9.17, 15) is 0 Å². The van der Waals surface area contributed by atoms with Gasteiger partial charge in [0.15, 0.2) is 0 Å². The molecule has 1 aliphatic rings. The lowest BCUT2D eigenvalue weighted by molar-refractivity contribution is -0.263. The van der Waals surface area contributed by atoms with Crippen molar-refractivity contribution < 1.29 is 10.1 Å². The lowest BCUT2D eigenvalue weighted by atomic mass is 9.82. The number of nitrogens with one attached hydrogen (secondary N) is 1. The normalized spacial score (nSPS) is 24.6. The van der Waals surface area contributed by atoms with E-state index >= 15 is 0 Å². The molecule has 60 valence electrons. The molecule has 0 aromatic rings. The van der Waals surface area contributed by atoms with Crippen LogP contribution in [0, 0.1) is 5.41 Å². The zero-order chi connectivity index (χ0) is 7.45. The van der Waals surface area contributed by atoms with E-state index in [1.54, 1.807) is 0 Å². The van der Waals surface area contributed by atoms with Crippen LogP contribution in [0.5, 0.6) is 0 Å². The fraction of sp³-hybridized carbons (Fsp3) is 1.00. The van der Waals surface area contributed by atoms with E-state index in [0.29, 0.717) is 6.61 Å². The average molecular weight is 145 g/mol. The maximum absolute atomic E-state index is 8.26. The van der Waals surface area contributed by atoms with Crippen molar-refractivity contribution in [1.29, 1.82) is 0 Å². The summed E-state index contributed by atoms with van der Waals surface area (Å²) in [7, 11) is 0. The summed E-state index contributed by atoms with van der Waals surface area (Å²) in [5.74, 6) is 0. The van der Waals surface area contributed by atoms with E-state index in [1.807, 2.05) is 0 Å². The van der Waals surface area contributed by atoms with Gasteiger partial charge >= 0.3 is 0 Å². The average Bonchev–Trinajstić information content (AvgIpc) is 1.89. The first-order chi connectivity index (χ1) is 4.77. The van der Waals surface area contributed by atoms with E-state index in [1.165, 1.54) is 0 Å². The fourth-order valence-corrected chi connectivity index (χ4v) is 1.33. The zero-order valence-electron chi connectivity index (χ0n) is 6.39. The van der Waals surface area contributed by atoms with Crippen molar-refractivity contribution in [3.05, 3.63) is 0 Å². The van der Waals surface area contributed by atoms with Crippen LogP contribution in [0.4, 0.5) is 0 Å². The minimum absolute atomic E-state index is 0.194. The first kappa shape index (κ1) is 7.98. The molecule has 1 fully saturated rings. The molecule has 0 atom stereocenters. The molecule has 1 heterocycles. The standard InChI is InChI=1S/C7H15NO2/c1-7(6-10-9)2-4-8-5-3-7/h8-9H,2-6H2,1H3. The molecule has 0 aromatic carbocycles. The van der Waals surface area contributed by atoms with Crippen molar-refractivity contribution in [2.75, 3.05) is 19.7 Å². The second-order valence-electron chi connectivity index (χ2n) is 3.33. The molecule has 10 heavy (non-hydrogen) atoms. The first-order valence-electron chi connectivity index (χ1n) is 3.74. The highest BCUT2D eigenvalue weighted by atomic mass is 17.1. The molecule has 1 aliphatic heterocycles. The number of piperidine rings is 1. The Balaban J connectivity index is 2.32. The van der Waals surface area contributed by atoms with Gasteiger partial charge in [0.25, 0.3) is 0 Å². The summed E-state index contributed by atoms with van der Waals surface area (Å²) in [5.41, 5.74) is 0.194. The molecule has 0 aliphatic carbocycles. The topological polar surface area (TPSA) is 41.5 Å². The summed E-state index contributed by atoms with van der Waals surface area (Å²) in [4.78, 5) is 4.16. The fourth-order valence-electron chi connectivity index (χ4n) is 1.33. The Labute approximate surface area is 61.3 Å². The molecule has 0 saturated carbocycles. The van der Waals surface area contributed by atoms with Crippen LogP contribution in [-0.4, -0.2) is 25.0 Å². The van der Waals surface area contributed by atoms with Crippen LogP contribution in [0.2, 0.25) is 0 Å². The van der Waals surface area contributed by atoms with Gasteiger partial charge in [0, 0.05) is 0 Å². The zero-order valence-corrected chi connectivity index (χ0v) is 6.39. The van der Waals surface area contributed by atoms with Crippen LogP contribution in [0.15, 0.2) is 0 Å². The van der Waals surface area contributed by atoms with Crippen molar-refractivity contribution in [2.45, 2.75) is 19.8 Å². The van der Waals surface area contributed by atoms with E-state index in [4.69, 9.17) is 5.26 Å². The lowest BCUT2D eigenvalue weighted by Gasteiger charge is -2.32. The second kappa shape index (κ2) is 3.32. The summed E-state index contributed by atoms with van der Waals surface area (Å²) in [5, 5.41) is 11.5. The smallest absolute Gasteiger partial charge is 0.0874 e. The van der Waals surface area contributed by atoms with Crippen LogP contribution >= 0.6 is 0 Å². The van der Waals surface area contributed by atoms with Crippen molar-refractivity contribution >= 4 is 0 Å². The van der Waals surface area contributed by atoms with Gasteiger partial charge in [-0.05, 0) is 31.3 Å². The van der Waals surface area contributed by atoms with Gasteiger partial charge in [0.05, 0.1) is 6.61 Å². The monoisotopic (exact) mass is 145 g/mol. The summed E-state index contributed by atoms with van der Waals surface area (Å²) in [6, 6.07) is 0. The van der Waals surface area contributed by atoms with Gasteiger partial charge in [0.1, 0.15) is 0 Å². The van der Waals surface area contributed by atoms with Crippen molar-refractivity contribution in [2.24, 2.45) is 5.41 Å². The molecule has 0 aromatic heterocycles. The third kappa shape index (κ3) is 1.94. The van der Waals surface area contributed by atoms with Gasteiger partial charge in [-0.1, -0.05) is 6.92 Å². The van der Waals surface area contributed by atoms with Gasteiger partial charge in [-0.25, -0.2) is 4.89 Å². The van der Waals surface area contributed by atoms with Crippen LogP contribution in [0.3, 0.4) is 0 Å². The van der Waals surface area contributed by atoms with Crippen LogP contribution < -0.4 is 5.32 Å². The Morgan fingerprint density at radius 2 is 2.10 bits per heavy atom. The quantitative estimate of drug-likeness (QED) is 0.447. The summed E-state index contributed by atoms with van der Waals surface area (Å²) < 4.78 is 0. The third-order valence-electron chi connectivity index (χ3n) is 2.22. The minimum Gasteiger partial charge on any atom is -0.317 e. The van der Waals surface area contributed by atoms with Crippen molar-refractivity contribution in [3.8, 4) is 0 Å². The predicted molar refractivity (Wildman–Crippen MR) is 38.8 cm³/mol. The Kier molecular flexibility index (Phi) is 2.65. The summed E-state index contributed by atoms with van der Waals surface area (Å²) in [6.45, 7) is 4.69. The number of hydrogen-bond donors (Lipinski definition) is 2. The van der Waals surface area contributed by atoms with Gasteiger partial charge < -0.3 is 5.32 Å². The molecule has 3 heteroatoms. The van der Waals surface area contributed by atoms with E-state index in [0.717, 1.165) is 25.9 Å². The predicted octanol–water partition coefficient (Wildman–Crippen LogP) is 0.866. The van der Waals surface area contributed by atoms with Crippen LogP contribution in [0.25, 0.3) is 0 Å². The summed E-state index contributed by atoms with van der Waals surface area (Å²) in [6.07, 6.45) is 2.18. The molecular weight excluding hydrogens is 130 g/mol. The van der Waals surface area contributed by atoms with E-state index in [2.05, 4.69) is 17.1 Å². The molecule has 0 spiro atoms. The number of hydrogen-bond acceptors (Lipinski definition) is 3. The molecular formula is C7H15NO2. The van der Waals surface area contributed by atoms with Crippen LogP contribution in [0.1, 0.15) is 19.8 Å². The van der Waals surface area contributed by atoms with Crippen LogP contribution in [-0.2, 0) is 4.89 Å². The van der Waals surface area contributed by atoms with Crippen molar-refractivity contribution in [3.63, 3.8) is 0 Å². The maximum Gasteiger partial charge on any atom is 0.0874 e. The highest BCUT2D eigenvalue weighted by molar-refractivity contribution is 4.79. The number of rotatable bonds is 2. The lowest BCUT2D eigenvalue weighted by Crippen LogP contribution is -2.37. The molecule has 3 nitrogen and oxygen atoms in total. The summed E-state index contributed by atoms with van der Waals surface area (Å²) >= 11 is 0. The second-order valence-corrected chi connectivity index (χ2v) is 3.33. The highest BCUT2D eigenvalue weighted by Crippen LogP contribution is 2.27. The molecule has 0 amide bonds. The largest absolute Gasteiger partial charge is 0.317 e. The molecule has 0 unspecified atom stereocenters. The van der Waals surface area contributed by atoms with E-state index in [-0.39, 0.29) is 5.41 Å². The Hall–Kier alpha value is -0.120. The van der Waals surface area contributed by atoms with Gasteiger partial charge in [-0.3, -0.25) is 5.26 Å². The SMILES string of the molecule is CC1(COO)CCNCC1. The van der Waals surface area contributed by atoms with Gasteiger partial charge in [-0.2, -0.15) is 0 Å². The Bertz CT molecular complexity index is 94.3. The van der Waals surface area contributed by atoms with E-state index < -0.39 is 0 Å². The molecule has 2 N–H and O–H groups in total. The van der Waals surface area contributed by atoms with Crippen molar-refractivity contribution in [1.82, 2.24) is 5.32 Å².